The van der Waals surface area contributed by atoms with Crippen molar-refractivity contribution in [2.45, 2.75) is 6.42 Å². The van der Waals surface area contributed by atoms with Gasteiger partial charge in [-0.05, 0) is 31.2 Å². The number of nitrogens with one attached hydrogen (secondary N) is 2. The van der Waals surface area contributed by atoms with E-state index in [1.165, 1.54) is 7.05 Å². The number of aromatic nitrogens is 1. The van der Waals surface area contributed by atoms with E-state index in [4.69, 9.17) is 33.2 Å². The molecule has 1 aromatic heterocycles. The Kier molecular flexibility index (Phi) is 6.68. The second-order valence-electron chi connectivity index (χ2n) is 4.76. The van der Waals surface area contributed by atoms with Crippen molar-refractivity contribution in [2.24, 2.45) is 11.5 Å². The number of carbonyl (C=O) groups excluding carboxylic acids is 1. The number of ether oxygens (including phenoxy) is 1. The molecule has 23 heavy (non-hydrogen) atoms. The van der Waals surface area contributed by atoms with Crippen molar-refractivity contribution in [3.8, 4) is 5.75 Å². The third kappa shape index (κ3) is 4.07. The Morgan fingerprint density at radius 2 is 2.17 bits per heavy atom. The van der Waals surface area contributed by atoms with Crippen LogP contribution in [-0.4, -0.2) is 41.9 Å². The molecular formula is C14H19Cl2N5O2. The zero-order valence-corrected chi connectivity index (χ0v) is 14.1. The molecule has 0 aliphatic rings. The van der Waals surface area contributed by atoms with Gasteiger partial charge in [0.25, 0.3) is 5.91 Å². The van der Waals surface area contributed by atoms with Crippen molar-refractivity contribution in [3.63, 3.8) is 0 Å². The highest BCUT2D eigenvalue weighted by molar-refractivity contribution is 6.35. The number of fused-ring (bicyclic) bond motifs is 1. The van der Waals surface area contributed by atoms with Crippen molar-refractivity contribution in [3.05, 3.63) is 28.9 Å². The molecule has 0 fully saturated rings. The smallest absolute Gasteiger partial charge is 0.276 e. The summed E-state index contributed by atoms with van der Waals surface area (Å²) in [5.41, 5.74) is 11.7. The number of carbonyl (C=O) groups is 1. The predicted octanol–water partition coefficient (Wildman–Crippen LogP) is 1.94. The maximum absolute atomic E-state index is 12.2. The number of hydrogen-bond donors (Lipinski definition) is 4. The summed E-state index contributed by atoms with van der Waals surface area (Å²) in [6.07, 6.45) is 0.726. The van der Waals surface area contributed by atoms with Gasteiger partial charge < -0.3 is 21.2 Å². The highest BCUT2D eigenvalue weighted by atomic mass is 35.5. The molecule has 0 aliphatic heterocycles. The SMILES string of the molecule is CN(C(=N)N)C(=O)c1cc2c(Cl)ccc(OCCCN)c2[nH]1.Cl. The number of nitrogens with zero attached hydrogens (tertiary/aromatic N) is 1. The predicted molar refractivity (Wildman–Crippen MR) is 93.7 cm³/mol. The maximum Gasteiger partial charge on any atom is 0.276 e. The molecule has 7 nitrogen and oxygen atoms in total. The fourth-order valence-electron chi connectivity index (χ4n) is 1.95. The monoisotopic (exact) mass is 359 g/mol. The number of aromatic amines is 1. The van der Waals surface area contributed by atoms with Gasteiger partial charge in [-0.15, -0.1) is 12.4 Å². The van der Waals surface area contributed by atoms with Gasteiger partial charge in [-0.3, -0.25) is 15.1 Å². The minimum atomic E-state index is -0.423. The van der Waals surface area contributed by atoms with Crippen LogP contribution in [0.3, 0.4) is 0 Å². The Balaban J connectivity index is 0.00000264. The Hall–Kier alpha value is -1.96. The minimum absolute atomic E-state index is 0. The van der Waals surface area contributed by atoms with Crippen LogP contribution in [0.25, 0.3) is 10.9 Å². The lowest BCUT2D eigenvalue weighted by Gasteiger charge is -2.12. The number of rotatable bonds is 5. The molecule has 1 amide bonds. The van der Waals surface area contributed by atoms with E-state index in [2.05, 4.69) is 4.98 Å². The normalized spacial score (nSPS) is 10.2. The molecule has 0 atom stereocenters. The van der Waals surface area contributed by atoms with Gasteiger partial charge in [-0.2, -0.15) is 0 Å². The van der Waals surface area contributed by atoms with Crippen molar-refractivity contribution >= 4 is 46.8 Å². The largest absolute Gasteiger partial charge is 0.491 e. The van der Waals surface area contributed by atoms with Crippen LogP contribution in [0.15, 0.2) is 18.2 Å². The van der Waals surface area contributed by atoms with E-state index >= 15 is 0 Å². The van der Waals surface area contributed by atoms with Crippen LogP contribution in [0.2, 0.25) is 5.02 Å². The van der Waals surface area contributed by atoms with Crippen LogP contribution >= 0.6 is 24.0 Å². The third-order valence-electron chi connectivity index (χ3n) is 3.20. The van der Waals surface area contributed by atoms with E-state index in [9.17, 15) is 4.79 Å². The van der Waals surface area contributed by atoms with Gasteiger partial charge >= 0.3 is 0 Å². The summed E-state index contributed by atoms with van der Waals surface area (Å²) >= 11 is 6.16. The van der Waals surface area contributed by atoms with Crippen molar-refractivity contribution in [2.75, 3.05) is 20.2 Å². The number of halogens is 2. The summed E-state index contributed by atoms with van der Waals surface area (Å²) in [5.74, 6) is -0.167. The molecule has 6 N–H and O–H groups in total. The molecule has 2 rings (SSSR count). The van der Waals surface area contributed by atoms with Crippen LogP contribution < -0.4 is 16.2 Å². The lowest BCUT2D eigenvalue weighted by atomic mass is 10.2. The van der Waals surface area contributed by atoms with E-state index in [0.717, 1.165) is 11.3 Å². The average molecular weight is 360 g/mol. The molecule has 9 heteroatoms. The van der Waals surface area contributed by atoms with Crippen LogP contribution in [0, 0.1) is 5.41 Å². The fraction of sp³-hybridized carbons (Fsp3) is 0.286. The summed E-state index contributed by atoms with van der Waals surface area (Å²) in [4.78, 5) is 16.2. The average Bonchev–Trinajstić information content (AvgIpc) is 2.94. The lowest BCUT2D eigenvalue weighted by molar-refractivity contribution is 0.0864. The molecule has 0 saturated heterocycles. The number of nitrogens with two attached hydrogens (primary N) is 2. The molecule has 2 aromatic rings. The summed E-state index contributed by atoms with van der Waals surface area (Å²) in [7, 11) is 1.43. The van der Waals surface area contributed by atoms with Crippen molar-refractivity contribution < 1.29 is 9.53 Å². The number of hydrogen-bond acceptors (Lipinski definition) is 4. The first-order valence-corrected chi connectivity index (χ1v) is 7.09. The van der Waals surface area contributed by atoms with E-state index in [0.29, 0.717) is 34.8 Å². The molecule has 126 valence electrons. The van der Waals surface area contributed by atoms with Crippen molar-refractivity contribution in [1.29, 1.82) is 5.41 Å². The summed E-state index contributed by atoms with van der Waals surface area (Å²) in [5, 5.41) is 8.49. The number of amides is 1. The topological polar surface area (TPSA) is 121 Å². The van der Waals surface area contributed by atoms with Gasteiger partial charge in [-0.25, -0.2) is 0 Å². The van der Waals surface area contributed by atoms with Gasteiger partial charge in [0.15, 0.2) is 5.96 Å². The Morgan fingerprint density at radius 1 is 1.48 bits per heavy atom. The Bertz CT molecular complexity index is 717. The van der Waals surface area contributed by atoms with Crippen LogP contribution in [-0.2, 0) is 0 Å². The lowest BCUT2D eigenvalue weighted by Crippen LogP contribution is -2.38. The first-order chi connectivity index (χ1) is 10.5. The molecule has 0 unspecified atom stereocenters. The second kappa shape index (κ2) is 8.05. The molecule has 0 spiro atoms. The first kappa shape index (κ1) is 19.1. The Morgan fingerprint density at radius 3 is 2.78 bits per heavy atom. The van der Waals surface area contributed by atoms with Gasteiger partial charge in [0, 0.05) is 12.4 Å². The molecular weight excluding hydrogens is 341 g/mol. The zero-order chi connectivity index (χ0) is 16.3. The highest BCUT2D eigenvalue weighted by Gasteiger charge is 2.18. The highest BCUT2D eigenvalue weighted by Crippen LogP contribution is 2.32. The second-order valence-corrected chi connectivity index (χ2v) is 5.16. The molecule has 0 radical (unpaired) electrons. The molecule has 1 heterocycles. The quantitative estimate of drug-likeness (QED) is 0.370. The third-order valence-corrected chi connectivity index (χ3v) is 3.53. The number of benzene rings is 1. The van der Waals surface area contributed by atoms with E-state index in [1.54, 1.807) is 18.2 Å². The van der Waals surface area contributed by atoms with E-state index in [1.807, 2.05) is 0 Å². The standard InChI is InChI=1S/C14H18ClN5O2.ClH/c1-20(14(17)18)13(21)10-7-8-9(15)3-4-11(12(8)19-10)22-6-2-5-16;/h3-4,7,19H,2,5-6,16H2,1H3,(H3,17,18);1H. The summed E-state index contributed by atoms with van der Waals surface area (Å²) < 4.78 is 5.65. The first-order valence-electron chi connectivity index (χ1n) is 6.72. The van der Waals surface area contributed by atoms with Gasteiger partial charge in [0.2, 0.25) is 0 Å². The molecule has 0 bridgehead atoms. The van der Waals surface area contributed by atoms with Crippen molar-refractivity contribution in [1.82, 2.24) is 9.88 Å². The molecule has 0 saturated carbocycles. The maximum atomic E-state index is 12.2. The zero-order valence-electron chi connectivity index (χ0n) is 12.6. The van der Waals surface area contributed by atoms with Crippen LogP contribution in [0.1, 0.15) is 16.9 Å². The van der Waals surface area contributed by atoms with Crippen LogP contribution in [0.4, 0.5) is 0 Å². The van der Waals surface area contributed by atoms with Gasteiger partial charge in [0.1, 0.15) is 11.4 Å². The minimum Gasteiger partial charge on any atom is -0.491 e. The van der Waals surface area contributed by atoms with Gasteiger partial charge in [-0.1, -0.05) is 11.6 Å². The summed E-state index contributed by atoms with van der Waals surface area (Å²) in [6.45, 7) is 1.01. The molecule has 1 aromatic carbocycles. The van der Waals surface area contributed by atoms with Crippen LogP contribution in [0.5, 0.6) is 5.75 Å². The number of H-pyrrole nitrogens is 1. The van der Waals surface area contributed by atoms with Gasteiger partial charge in [0.05, 0.1) is 17.1 Å². The Labute approximate surface area is 144 Å². The number of guanidine groups is 1. The van der Waals surface area contributed by atoms with E-state index in [-0.39, 0.29) is 24.1 Å². The summed E-state index contributed by atoms with van der Waals surface area (Å²) in [6, 6.07) is 5.06. The van der Waals surface area contributed by atoms with E-state index < -0.39 is 5.91 Å². The fourth-order valence-corrected chi connectivity index (χ4v) is 2.16. The molecule has 0 aliphatic carbocycles.